The number of aryl methyl sites for hydroxylation is 1. The van der Waals surface area contributed by atoms with E-state index in [2.05, 4.69) is 272 Å². The molecule has 11 rings (SSSR count). The zero-order chi connectivity index (χ0) is 51.5. The van der Waals surface area contributed by atoms with Gasteiger partial charge in [0.25, 0.3) is 6.71 Å². The fraction of sp³-hybridized carbons (Fsp3) is 0.382. The third-order valence-corrected chi connectivity index (χ3v) is 17.6. The number of fused-ring (bicyclic) bond motifs is 9. The average molecular weight is 948 g/mol. The molecule has 3 heterocycles. The van der Waals surface area contributed by atoms with Crippen LogP contribution in [-0.4, -0.2) is 6.71 Å². The van der Waals surface area contributed by atoms with Crippen LogP contribution >= 0.6 is 0 Å². The van der Waals surface area contributed by atoms with Crippen molar-refractivity contribution in [3.63, 3.8) is 0 Å². The molecule has 3 aliphatic heterocycles. The van der Waals surface area contributed by atoms with Crippen molar-refractivity contribution >= 4 is 68.6 Å². The molecule has 3 nitrogen and oxygen atoms in total. The maximum atomic E-state index is 2.80. The fourth-order valence-corrected chi connectivity index (χ4v) is 13.0. The molecule has 0 saturated heterocycles. The van der Waals surface area contributed by atoms with Crippen LogP contribution in [0, 0.1) is 0 Å². The smallest absolute Gasteiger partial charge is 0.252 e. The van der Waals surface area contributed by atoms with Gasteiger partial charge in [-0.25, -0.2) is 0 Å². The third-order valence-electron chi connectivity index (χ3n) is 17.6. The standard InChI is InChI=1S/C68H78BN3/c1-62(2,3)44-23-20-25-49(36-44)70-57-39-47(65(10,11)12)28-31-54(57)69-55-32-29-48(66(13,14)15)40-58(55)71(50-26-21-24-45(37-50)63(4,5)6)60-42-51(41-59(70)61(60)69)72-56-33-30-46(64(7,8)9)38-53(56)67(16)35-34-43-22-18-19-27-52(43)68(67,72)17/h18-33,36-42H,34-35H2,1-17H3. The van der Waals surface area contributed by atoms with Crippen molar-refractivity contribution in [2.45, 2.75) is 169 Å². The second kappa shape index (κ2) is 15.8. The van der Waals surface area contributed by atoms with Crippen molar-refractivity contribution in [3.8, 4) is 0 Å². The predicted molar refractivity (Wildman–Crippen MR) is 312 cm³/mol. The van der Waals surface area contributed by atoms with E-state index in [1.165, 1.54) is 106 Å². The summed E-state index contributed by atoms with van der Waals surface area (Å²) in [4.78, 5) is 8.12. The van der Waals surface area contributed by atoms with Crippen molar-refractivity contribution in [2.75, 3.05) is 14.7 Å². The van der Waals surface area contributed by atoms with Crippen molar-refractivity contribution in [1.82, 2.24) is 0 Å². The first-order valence-electron chi connectivity index (χ1n) is 26.9. The van der Waals surface area contributed by atoms with Crippen LogP contribution in [0.1, 0.15) is 169 Å². The Morgan fingerprint density at radius 2 is 0.833 bits per heavy atom. The summed E-state index contributed by atoms with van der Waals surface area (Å²) in [6, 6.07) is 55.8. The summed E-state index contributed by atoms with van der Waals surface area (Å²) >= 11 is 0. The van der Waals surface area contributed by atoms with E-state index in [9.17, 15) is 0 Å². The molecule has 7 aromatic carbocycles. The normalized spacial score (nSPS) is 19.3. The van der Waals surface area contributed by atoms with Crippen molar-refractivity contribution in [2.24, 2.45) is 0 Å². The number of anilines is 8. The van der Waals surface area contributed by atoms with Gasteiger partial charge in [-0.15, -0.1) is 0 Å². The average Bonchev–Trinajstić information content (AvgIpc) is 3.52. The molecule has 0 bridgehead atoms. The van der Waals surface area contributed by atoms with Crippen LogP contribution < -0.4 is 31.1 Å². The molecule has 0 fully saturated rings. The summed E-state index contributed by atoms with van der Waals surface area (Å²) in [6.45, 7) is 40.4. The number of hydrogen-bond donors (Lipinski definition) is 0. The van der Waals surface area contributed by atoms with E-state index in [0.717, 1.165) is 12.8 Å². The van der Waals surface area contributed by atoms with E-state index in [4.69, 9.17) is 0 Å². The molecule has 4 heteroatoms. The van der Waals surface area contributed by atoms with Gasteiger partial charge in [0, 0.05) is 50.9 Å². The molecule has 1 aliphatic carbocycles. The van der Waals surface area contributed by atoms with E-state index in [0.29, 0.717) is 0 Å². The van der Waals surface area contributed by atoms with E-state index >= 15 is 0 Å². The molecule has 0 radical (unpaired) electrons. The Balaban J connectivity index is 1.31. The van der Waals surface area contributed by atoms with Crippen molar-refractivity contribution in [3.05, 3.63) is 184 Å². The van der Waals surface area contributed by atoms with Gasteiger partial charge in [-0.1, -0.05) is 196 Å². The SMILES string of the molecule is CC(C)(C)c1cccc(N2c3cc(C(C)(C)C)ccc3B3c4ccc(C(C)(C)C)cc4N(c4cccc(C(C)(C)C)c4)c4cc(N5c6ccc(C(C)(C)C)cc6C6(C)CCc7ccccc7C56C)cc2c43)c1. The molecule has 0 saturated carbocycles. The predicted octanol–water partition coefficient (Wildman–Crippen LogP) is 16.5. The molecule has 0 aromatic heterocycles. The highest BCUT2D eigenvalue weighted by molar-refractivity contribution is 7.00. The Morgan fingerprint density at radius 3 is 1.32 bits per heavy atom. The summed E-state index contributed by atoms with van der Waals surface area (Å²) in [5.41, 5.74) is 24.3. The van der Waals surface area contributed by atoms with E-state index in [-0.39, 0.29) is 39.2 Å². The van der Waals surface area contributed by atoms with Gasteiger partial charge in [0.15, 0.2) is 0 Å². The van der Waals surface area contributed by atoms with Crippen molar-refractivity contribution < 1.29 is 0 Å². The van der Waals surface area contributed by atoms with Gasteiger partial charge in [-0.3, -0.25) is 0 Å². The topological polar surface area (TPSA) is 9.72 Å². The summed E-state index contributed by atoms with van der Waals surface area (Å²) in [5.74, 6) is 0. The highest BCUT2D eigenvalue weighted by atomic mass is 15.3. The number of benzene rings is 7. The molecule has 2 unspecified atom stereocenters. The lowest BCUT2D eigenvalue weighted by atomic mass is 9.33. The van der Waals surface area contributed by atoms with Crippen LogP contribution in [0.2, 0.25) is 0 Å². The lowest BCUT2D eigenvalue weighted by Crippen LogP contribution is -2.61. The first-order valence-corrected chi connectivity index (χ1v) is 26.9. The van der Waals surface area contributed by atoms with Gasteiger partial charge in [-0.2, -0.15) is 0 Å². The van der Waals surface area contributed by atoms with Gasteiger partial charge >= 0.3 is 0 Å². The fourth-order valence-electron chi connectivity index (χ4n) is 13.0. The zero-order valence-corrected chi connectivity index (χ0v) is 46.6. The Labute approximate surface area is 433 Å². The second-order valence-electron chi connectivity index (χ2n) is 27.5. The Hall–Kier alpha value is -6.00. The Kier molecular flexibility index (Phi) is 10.6. The Bertz CT molecular complexity index is 3190. The van der Waals surface area contributed by atoms with E-state index in [1.807, 2.05) is 0 Å². The van der Waals surface area contributed by atoms with Crippen LogP contribution in [0.25, 0.3) is 0 Å². The first kappa shape index (κ1) is 48.3. The molecule has 72 heavy (non-hydrogen) atoms. The number of nitrogens with zero attached hydrogens (tertiary/aromatic N) is 3. The lowest BCUT2D eigenvalue weighted by Gasteiger charge is -2.52. The van der Waals surface area contributed by atoms with Crippen LogP contribution in [0.4, 0.5) is 45.5 Å². The maximum Gasteiger partial charge on any atom is 0.252 e. The molecule has 7 aromatic rings. The molecular formula is C68H78BN3. The van der Waals surface area contributed by atoms with E-state index in [1.54, 1.807) is 0 Å². The highest BCUT2D eigenvalue weighted by Gasteiger charge is 2.60. The van der Waals surface area contributed by atoms with Crippen LogP contribution in [0.5, 0.6) is 0 Å². The van der Waals surface area contributed by atoms with Gasteiger partial charge in [-0.05, 0) is 162 Å². The molecule has 368 valence electrons. The molecule has 0 N–H and O–H groups in total. The quantitative estimate of drug-likeness (QED) is 0.163. The third kappa shape index (κ3) is 7.27. The Morgan fingerprint density at radius 1 is 0.389 bits per heavy atom. The summed E-state index contributed by atoms with van der Waals surface area (Å²) in [6.07, 6.45) is 2.13. The van der Waals surface area contributed by atoms with Gasteiger partial charge in [0.1, 0.15) is 0 Å². The maximum absolute atomic E-state index is 2.80. The van der Waals surface area contributed by atoms with Crippen LogP contribution in [0.3, 0.4) is 0 Å². The van der Waals surface area contributed by atoms with Gasteiger partial charge in [0.2, 0.25) is 0 Å². The molecule has 0 amide bonds. The summed E-state index contributed by atoms with van der Waals surface area (Å²) in [5, 5.41) is 0. The largest absolute Gasteiger partial charge is 0.330 e. The minimum absolute atomic E-state index is 0.00217. The number of rotatable bonds is 3. The zero-order valence-electron chi connectivity index (χ0n) is 46.6. The summed E-state index contributed by atoms with van der Waals surface area (Å²) < 4.78 is 0. The second-order valence-corrected chi connectivity index (χ2v) is 27.5. The number of hydrogen-bond acceptors (Lipinski definition) is 3. The minimum atomic E-state index is -0.396. The molecule has 0 spiro atoms. The monoisotopic (exact) mass is 948 g/mol. The van der Waals surface area contributed by atoms with Crippen molar-refractivity contribution in [1.29, 1.82) is 0 Å². The molecule has 4 aliphatic rings. The minimum Gasteiger partial charge on any atom is -0.330 e. The lowest BCUT2D eigenvalue weighted by molar-refractivity contribution is 0.245. The molecular weight excluding hydrogens is 870 g/mol. The van der Waals surface area contributed by atoms with Gasteiger partial charge in [0.05, 0.1) is 5.54 Å². The van der Waals surface area contributed by atoms with Crippen LogP contribution in [0.15, 0.2) is 140 Å². The van der Waals surface area contributed by atoms with E-state index < -0.39 is 5.54 Å². The first-order chi connectivity index (χ1) is 33.6. The summed E-state index contributed by atoms with van der Waals surface area (Å²) in [7, 11) is 0. The highest BCUT2D eigenvalue weighted by Crippen LogP contribution is 2.65. The molecule has 2 atom stereocenters. The van der Waals surface area contributed by atoms with Gasteiger partial charge < -0.3 is 14.7 Å². The van der Waals surface area contributed by atoms with Crippen LogP contribution in [-0.2, 0) is 44.4 Å².